The Labute approximate surface area is 235 Å². The summed E-state index contributed by atoms with van der Waals surface area (Å²) < 4.78 is 13.2. The van der Waals surface area contributed by atoms with E-state index < -0.39 is 28.2 Å². The Morgan fingerprint density at radius 2 is 1.32 bits per heavy atom. The SMILES string of the molecule is Cc1cc(O)c(=O)cc2c1C[C@@H]1CC(C)(C)/C=C\C[C@@]3(C)Oc4cc(=O)c(O)cc(C)c4C[C@@H]3C[C@H](O)[C@]1(C)O2. The van der Waals surface area contributed by atoms with Crippen molar-refractivity contribution in [1.29, 1.82) is 0 Å². The van der Waals surface area contributed by atoms with Crippen LogP contribution in [0, 0.1) is 31.1 Å². The fraction of sp³-hybridized carbons (Fsp3) is 0.515. The van der Waals surface area contributed by atoms with Gasteiger partial charge in [-0.1, -0.05) is 26.0 Å². The van der Waals surface area contributed by atoms with Gasteiger partial charge in [0.05, 0.1) is 6.10 Å². The number of aliphatic hydroxyl groups is 1. The molecule has 0 saturated heterocycles. The number of aliphatic hydroxyl groups excluding tert-OH is 1. The van der Waals surface area contributed by atoms with Crippen molar-refractivity contribution in [2.45, 2.75) is 91.0 Å². The van der Waals surface area contributed by atoms with Crippen LogP contribution in [0.1, 0.15) is 69.2 Å². The van der Waals surface area contributed by atoms with Gasteiger partial charge in [-0.25, -0.2) is 0 Å². The number of hydrogen-bond donors (Lipinski definition) is 3. The van der Waals surface area contributed by atoms with Gasteiger partial charge in [0, 0.05) is 30.4 Å². The molecule has 5 rings (SSSR count). The van der Waals surface area contributed by atoms with Crippen molar-refractivity contribution in [3.8, 4) is 23.0 Å². The summed E-state index contributed by atoms with van der Waals surface area (Å²) in [5, 5.41) is 32.4. The average molecular weight is 549 g/mol. The summed E-state index contributed by atoms with van der Waals surface area (Å²) in [7, 11) is 0. The molecular formula is C33H40O7. The van der Waals surface area contributed by atoms with Gasteiger partial charge in [-0.2, -0.15) is 0 Å². The molecule has 2 heterocycles. The lowest BCUT2D eigenvalue weighted by atomic mass is 9.67. The molecule has 0 radical (unpaired) electrons. The largest absolute Gasteiger partial charge is 0.504 e. The molecule has 0 unspecified atom stereocenters. The van der Waals surface area contributed by atoms with Gasteiger partial charge < -0.3 is 24.8 Å². The van der Waals surface area contributed by atoms with Crippen LogP contribution in [-0.4, -0.2) is 32.6 Å². The van der Waals surface area contributed by atoms with Crippen LogP contribution in [0.2, 0.25) is 0 Å². The quantitative estimate of drug-likeness (QED) is 0.402. The lowest BCUT2D eigenvalue weighted by Crippen LogP contribution is -2.57. The molecular weight excluding hydrogens is 508 g/mol. The number of allylic oxidation sites excluding steroid dienone is 1. The van der Waals surface area contributed by atoms with E-state index in [-0.39, 0.29) is 28.7 Å². The first-order valence-electron chi connectivity index (χ1n) is 14.1. The molecule has 2 aromatic carbocycles. The minimum atomic E-state index is -1.01. The molecule has 0 spiro atoms. The predicted octanol–water partition coefficient (Wildman–Crippen LogP) is 4.88. The molecule has 5 atom stereocenters. The maximum absolute atomic E-state index is 12.6. The first kappa shape index (κ1) is 28.2. The van der Waals surface area contributed by atoms with Crippen LogP contribution in [0.4, 0.5) is 0 Å². The van der Waals surface area contributed by atoms with Gasteiger partial charge in [-0.3, -0.25) is 9.59 Å². The summed E-state index contributed by atoms with van der Waals surface area (Å²) in [6.07, 6.45) is 6.29. The van der Waals surface area contributed by atoms with Gasteiger partial charge >= 0.3 is 0 Å². The van der Waals surface area contributed by atoms with E-state index in [9.17, 15) is 24.9 Å². The van der Waals surface area contributed by atoms with Gasteiger partial charge in [0.25, 0.3) is 0 Å². The maximum atomic E-state index is 12.6. The summed E-state index contributed by atoms with van der Waals surface area (Å²) in [6.45, 7) is 12.0. The smallest absolute Gasteiger partial charge is 0.223 e. The minimum Gasteiger partial charge on any atom is -0.504 e. The first-order valence-corrected chi connectivity index (χ1v) is 14.1. The van der Waals surface area contributed by atoms with Crippen LogP contribution in [0.15, 0.2) is 46.0 Å². The van der Waals surface area contributed by atoms with Crippen molar-refractivity contribution in [1.82, 2.24) is 0 Å². The van der Waals surface area contributed by atoms with Crippen LogP contribution in [-0.2, 0) is 12.8 Å². The third kappa shape index (κ3) is 4.89. The summed E-state index contributed by atoms with van der Waals surface area (Å²) in [5.74, 6) is 0.0238. The van der Waals surface area contributed by atoms with Gasteiger partial charge in [-0.15, -0.1) is 0 Å². The fourth-order valence-electron chi connectivity index (χ4n) is 6.92. The Morgan fingerprint density at radius 3 is 1.90 bits per heavy atom. The molecule has 0 bridgehead atoms. The van der Waals surface area contributed by atoms with Crippen molar-refractivity contribution in [3.05, 3.63) is 79.1 Å². The highest BCUT2D eigenvalue weighted by Crippen LogP contribution is 2.49. The molecule has 0 amide bonds. The lowest BCUT2D eigenvalue weighted by molar-refractivity contribution is -0.117. The van der Waals surface area contributed by atoms with E-state index >= 15 is 0 Å². The van der Waals surface area contributed by atoms with Gasteiger partial charge in [0.2, 0.25) is 10.9 Å². The fourth-order valence-corrected chi connectivity index (χ4v) is 6.92. The number of aryl methyl sites for hydroxylation is 2. The van der Waals surface area contributed by atoms with Gasteiger partial charge in [0.15, 0.2) is 11.5 Å². The Kier molecular flexibility index (Phi) is 6.81. The van der Waals surface area contributed by atoms with Crippen LogP contribution in [0.3, 0.4) is 0 Å². The summed E-state index contributed by atoms with van der Waals surface area (Å²) in [5.41, 5.74) is 0.287. The van der Waals surface area contributed by atoms with E-state index in [0.29, 0.717) is 37.2 Å². The summed E-state index contributed by atoms with van der Waals surface area (Å²) in [6, 6.07) is 5.68. The van der Waals surface area contributed by atoms with E-state index in [1.807, 2.05) is 27.7 Å². The van der Waals surface area contributed by atoms with E-state index in [2.05, 4.69) is 26.0 Å². The Hall–Kier alpha value is -3.32. The Balaban J connectivity index is 1.63. The molecule has 3 aliphatic rings. The molecule has 3 N–H and O–H groups in total. The highest BCUT2D eigenvalue weighted by Gasteiger charge is 2.51. The summed E-state index contributed by atoms with van der Waals surface area (Å²) in [4.78, 5) is 25.0. The number of hydrogen-bond acceptors (Lipinski definition) is 7. The molecule has 214 valence electrons. The van der Waals surface area contributed by atoms with Crippen molar-refractivity contribution in [3.63, 3.8) is 0 Å². The number of aromatic hydroxyl groups is 2. The number of rotatable bonds is 0. The normalized spacial score (nSPS) is 31.5. The Morgan fingerprint density at radius 1 is 0.800 bits per heavy atom. The van der Waals surface area contributed by atoms with Crippen LogP contribution in [0.25, 0.3) is 0 Å². The standard InChI is InChI=1S/C33H40O7/c1-18-10-24(34)26(36)15-28-22(18)12-20-14-30(38)33(6)21(17-31(3,4)8-7-9-32(20,5)39-28)13-23-19(2)11-25(35)27(37)16-29(23)40-33/h7-8,10-11,15-16,20-21,30,38H,9,12-14,17H2,1-6H3,(H,34,36)(H,35,37)/b8-7-/t20-,21-,30+,32-,33-/m1/s1. The molecule has 7 nitrogen and oxygen atoms in total. The third-order valence-electron chi connectivity index (χ3n) is 9.56. The lowest BCUT2D eigenvalue weighted by Gasteiger charge is -2.49. The third-order valence-corrected chi connectivity index (χ3v) is 9.56. The molecule has 1 aliphatic carbocycles. The second-order valence-corrected chi connectivity index (χ2v) is 13.2. The molecule has 2 aromatic rings. The molecule has 0 saturated carbocycles. The van der Waals surface area contributed by atoms with Gasteiger partial charge in [0.1, 0.15) is 22.7 Å². The van der Waals surface area contributed by atoms with Crippen LogP contribution < -0.4 is 20.3 Å². The molecule has 2 aliphatic heterocycles. The molecule has 0 fully saturated rings. The maximum Gasteiger partial charge on any atom is 0.223 e. The topological polar surface area (TPSA) is 113 Å². The zero-order valence-electron chi connectivity index (χ0n) is 24.2. The minimum absolute atomic E-state index is 0.0753. The molecule has 40 heavy (non-hydrogen) atoms. The highest BCUT2D eigenvalue weighted by molar-refractivity contribution is 5.46. The van der Waals surface area contributed by atoms with E-state index in [1.54, 1.807) is 0 Å². The first-order chi connectivity index (χ1) is 18.6. The molecule has 7 heteroatoms. The van der Waals surface area contributed by atoms with E-state index in [1.165, 1.54) is 24.3 Å². The number of ether oxygens (including phenoxy) is 2. The second kappa shape index (κ2) is 9.65. The van der Waals surface area contributed by atoms with Crippen LogP contribution >= 0.6 is 0 Å². The van der Waals surface area contributed by atoms with Crippen molar-refractivity contribution in [2.75, 3.05) is 0 Å². The van der Waals surface area contributed by atoms with Crippen LogP contribution in [0.5, 0.6) is 23.0 Å². The van der Waals surface area contributed by atoms with Crippen molar-refractivity contribution in [2.24, 2.45) is 17.3 Å². The zero-order valence-corrected chi connectivity index (χ0v) is 24.2. The van der Waals surface area contributed by atoms with E-state index in [0.717, 1.165) is 28.7 Å². The highest BCUT2D eigenvalue weighted by atomic mass is 16.5. The number of fused-ring (bicyclic) bond motifs is 4. The Bertz CT molecular complexity index is 1510. The zero-order chi connectivity index (χ0) is 29.2. The monoisotopic (exact) mass is 548 g/mol. The van der Waals surface area contributed by atoms with E-state index in [4.69, 9.17) is 9.47 Å². The van der Waals surface area contributed by atoms with Crippen molar-refractivity contribution >= 4 is 0 Å². The van der Waals surface area contributed by atoms with Crippen molar-refractivity contribution < 1.29 is 24.8 Å². The predicted molar refractivity (Wildman–Crippen MR) is 153 cm³/mol. The summed E-state index contributed by atoms with van der Waals surface area (Å²) >= 11 is 0. The molecule has 0 aromatic heterocycles. The average Bonchev–Trinajstić information content (AvgIpc) is 3.01. The van der Waals surface area contributed by atoms with Gasteiger partial charge in [-0.05, 0) is 93.2 Å². The second-order valence-electron chi connectivity index (χ2n) is 13.2.